The number of rotatable bonds is 2. The van der Waals surface area contributed by atoms with Gasteiger partial charge in [-0.05, 0) is 19.8 Å². The van der Waals surface area contributed by atoms with Gasteiger partial charge < -0.3 is 5.11 Å². The van der Waals surface area contributed by atoms with Crippen LogP contribution in [0.3, 0.4) is 0 Å². The maximum Gasteiger partial charge on any atom is 0.422 e. The number of carbonyl (C=O) groups excluding carboxylic acids is 2. The van der Waals surface area contributed by atoms with Crippen LogP contribution >= 0.6 is 0 Å². The number of likely N-dealkylation sites (tertiary alicyclic amines) is 1. The number of hydrogen-bond donors (Lipinski definition) is 1. The first kappa shape index (κ1) is 14.5. The third-order valence-electron chi connectivity index (χ3n) is 3.92. The molecule has 1 fully saturated rings. The van der Waals surface area contributed by atoms with E-state index in [9.17, 15) is 27.6 Å². The lowest BCUT2D eigenvalue weighted by Gasteiger charge is -2.35. The molecule has 3 atom stereocenters. The summed E-state index contributed by atoms with van der Waals surface area (Å²) in [6.07, 6.45) is -1.72. The predicted octanol–water partition coefficient (Wildman–Crippen LogP) is 1.34. The molecule has 0 saturated carbocycles. The maximum atomic E-state index is 13.1. The molecule has 0 aromatic rings. The monoisotopic (exact) mass is 291 g/mol. The Balaban J connectivity index is 2.49. The van der Waals surface area contributed by atoms with E-state index in [4.69, 9.17) is 5.11 Å². The van der Waals surface area contributed by atoms with E-state index in [0.29, 0.717) is 6.92 Å². The van der Waals surface area contributed by atoms with Gasteiger partial charge in [0.2, 0.25) is 17.4 Å². The van der Waals surface area contributed by atoms with Gasteiger partial charge >= 0.3 is 12.1 Å². The van der Waals surface area contributed by atoms with Gasteiger partial charge in [-0.1, -0.05) is 12.2 Å². The van der Waals surface area contributed by atoms with Crippen LogP contribution in [0.1, 0.15) is 19.8 Å². The number of carboxylic acids is 1. The van der Waals surface area contributed by atoms with E-state index >= 15 is 0 Å². The van der Waals surface area contributed by atoms with Gasteiger partial charge in [0.1, 0.15) is 0 Å². The molecule has 1 aliphatic carbocycles. The van der Waals surface area contributed by atoms with E-state index in [1.165, 1.54) is 0 Å². The molecule has 0 aromatic heterocycles. The lowest BCUT2D eigenvalue weighted by molar-refractivity contribution is -0.230. The number of alkyl halides is 3. The Kier molecular flexibility index (Phi) is 3.14. The molecule has 2 amide bonds. The van der Waals surface area contributed by atoms with Crippen molar-refractivity contribution in [3.05, 3.63) is 12.2 Å². The number of aliphatic carboxylic acids is 1. The van der Waals surface area contributed by atoms with Crippen LogP contribution in [0.25, 0.3) is 0 Å². The van der Waals surface area contributed by atoms with Gasteiger partial charge in [-0.3, -0.25) is 14.5 Å². The predicted molar refractivity (Wildman–Crippen MR) is 59.3 cm³/mol. The van der Waals surface area contributed by atoms with E-state index in [1.54, 1.807) is 12.2 Å². The van der Waals surface area contributed by atoms with E-state index in [0.717, 1.165) is 0 Å². The minimum Gasteiger partial charge on any atom is -0.479 e. The number of fused-ring (bicyclic) bond motifs is 1. The highest BCUT2D eigenvalue weighted by atomic mass is 19.4. The first-order valence-corrected chi connectivity index (χ1v) is 5.95. The van der Waals surface area contributed by atoms with Crippen molar-refractivity contribution in [1.29, 1.82) is 0 Å². The van der Waals surface area contributed by atoms with Crippen LogP contribution in [0.4, 0.5) is 13.2 Å². The zero-order valence-electron chi connectivity index (χ0n) is 10.5. The zero-order valence-corrected chi connectivity index (χ0v) is 10.5. The first-order valence-electron chi connectivity index (χ1n) is 5.95. The standard InChI is InChI=1S/C12H12F3NO4/c1-11(10(19)20,12(13,14)15)16-8(17)6-4-2-3-5-7(6)9(16)18/h2-3,6-7H,4-5H2,1H3,(H,19,20). The van der Waals surface area contributed by atoms with Gasteiger partial charge in [0.05, 0.1) is 11.8 Å². The Bertz CT molecular complexity index is 487. The summed E-state index contributed by atoms with van der Waals surface area (Å²) in [5.41, 5.74) is -3.53. The molecule has 5 nitrogen and oxygen atoms in total. The van der Waals surface area contributed by atoms with Gasteiger partial charge in [-0.15, -0.1) is 0 Å². The molecule has 20 heavy (non-hydrogen) atoms. The Morgan fingerprint density at radius 1 is 1.20 bits per heavy atom. The van der Waals surface area contributed by atoms with Crippen LogP contribution < -0.4 is 0 Å². The molecule has 0 bridgehead atoms. The SMILES string of the molecule is CC(C(=O)O)(N1C(=O)C2CC=CCC2C1=O)C(F)(F)F. The molecule has 8 heteroatoms. The highest BCUT2D eigenvalue weighted by Crippen LogP contribution is 2.44. The highest BCUT2D eigenvalue weighted by Gasteiger charge is 2.68. The fraction of sp³-hybridized carbons (Fsp3) is 0.583. The van der Waals surface area contributed by atoms with Crippen molar-refractivity contribution in [3.8, 4) is 0 Å². The van der Waals surface area contributed by atoms with Crippen LogP contribution in [-0.4, -0.2) is 39.5 Å². The summed E-state index contributed by atoms with van der Waals surface area (Å²) in [7, 11) is 0. The molecular weight excluding hydrogens is 279 g/mol. The van der Waals surface area contributed by atoms with Crippen LogP contribution in [0.5, 0.6) is 0 Å². The maximum absolute atomic E-state index is 13.1. The number of carbonyl (C=O) groups is 3. The second-order valence-corrected chi connectivity index (χ2v) is 5.04. The van der Waals surface area contributed by atoms with Gasteiger partial charge in [0.15, 0.2) is 0 Å². The lowest BCUT2D eigenvalue weighted by atomic mass is 9.85. The minimum absolute atomic E-state index is 0.113. The van der Waals surface area contributed by atoms with E-state index in [2.05, 4.69) is 0 Å². The fourth-order valence-corrected chi connectivity index (χ4v) is 2.58. The second kappa shape index (κ2) is 4.32. The van der Waals surface area contributed by atoms with Crippen molar-refractivity contribution in [1.82, 2.24) is 4.90 Å². The Morgan fingerprint density at radius 2 is 1.60 bits per heavy atom. The number of amides is 2. The molecule has 0 radical (unpaired) electrons. The van der Waals surface area contributed by atoms with E-state index in [-0.39, 0.29) is 17.7 Å². The first-order chi connectivity index (χ1) is 9.12. The summed E-state index contributed by atoms with van der Waals surface area (Å²) < 4.78 is 39.3. The van der Waals surface area contributed by atoms with E-state index in [1.807, 2.05) is 0 Å². The summed E-state index contributed by atoms with van der Waals surface area (Å²) in [5.74, 6) is -6.18. The molecule has 1 saturated heterocycles. The summed E-state index contributed by atoms with van der Waals surface area (Å²) in [5, 5.41) is 8.92. The lowest BCUT2D eigenvalue weighted by Crippen LogP contribution is -2.64. The molecule has 0 aromatic carbocycles. The summed E-state index contributed by atoms with van der Waals surface area (Å²) in [6.45, 7) is 0.343. The molecule has 1 N–H and O–H groups in total. The van der Waals surface area contributed by atoms with Crippen molar-refractivity contribution < 1.29 is 32.7 Å². The molecular formula is C12H12F3NO4. The second-order valence-electron chi connectivity index (χ2n) is 5.04. The average Bonchev–Trinajstić information content (AvgIpc) is 2.60. The topological polar surface area (TPSA) is 74.7 Å². The zero-order chi connectivity index (χ0) is 15.3. The Morgan fingerprint density at radius 3 is 1.90 bits per heavy atom. The van der Waals surface area contributed by atoms with Crippen molar-refractivity contribution in [2.75, 3.05) is 0 Å². The Labute approximate surface area is 112 Å². The molecule has 1 heterocycles. The summed E-state index contributed by atoms with van der Waals surface area (Å²) in [4.78, 5) is 35.1. The average molecular weight is 291 g/mol. The third-order valence-corrected chi connectivity index (χ3v) is 3.92. The van der Waals surface area contributed by atoms with Crippen LogP contribution in [0.2, 0.25) is 0 Å². The molecule has 1 aliphatic heterocycles. The van der Waals surface area contributed by atoms with Gasteiger partial charge in [0, 0.05) is 0 Å². The van der Waals surface area contributed by atoms with Gasteiger partial charge in [0.25, 0.3) is 0 Å². The molecule has 0 spiro atoms. The van der Waals surface area contributed by atoms with Gasteiger partial charge in [-0.2, -0.15) is 13.2 Å². The minimum atomic E-state index is -5.24. The molecule has 2 aliphatic rings. The van der Waals surface area contributed by atoms with Gasteiger partial charge in [-0.25, -0.2) is 4.79 Å². The molecule has 3 unspecified atom stereocenters. The quantitative estimate of drug-likeness (QED) is 0.615. The van der Waals surface area contributed by atoms with Crippen molar-refractivity contribution >= 4 is 17.8 Å². The smallest absolute Gasteiger partial charge is 0.422 e. The van der Waals surface area contributed by atoms with Crippen molar-refractivity contribution in [2.45, 2.75) is 31.5 Å². The number of allylic oxidation sites excluding steroid dienone is 2. The fourth-order valence-electron chi connectivity index (χ4n) is 2.58. The summed E-state index contributed by atoms with van der Waals surface area (Å²) in [6, 6.07) is 0. The molecule has 110 valence electrons. The largest absolute Gasteiger partial charge is 0.479 e. The van der Waals surface area contributed by atoms with Crippen LogP contribution in [0.15, 0.2) is 12.2 Å². The number of imide groups is 1. The van der Waals surface area contributed by atoms with E-state index < -0.39 is 41.3 Å². The number of halogens is 3. The molecule has 2 rings (SSSR count). The normalized spacial score (nSPS) is 29.3. The third kappa shape index (κ3) is 1.74. The van der Waals surface area contributed by atoms with Crippen LogP contribution in [-0.2, 0) is 14.4 Å². The van der Waals surface area contributed by atoms with Crippen molar-refractivity contribution in [2.24, 2.45) is 11.8 Å². The van der Waals surface area contributed by atoms with Crippen LogP contribution in [0, 0.1) is 11.8 Å². The Hall–Kier alpha value is -1.86. The number of hydrogen-bond acceptors (Lipinski definition) is 3. The highest BCUT2D eigenvalue weighted by molar-refractivity contribution is 6.09. The summed E-state index contributed by atoms with van der Waals surface area (Å²) >= 11 is 0. The van der Waals surface area contributed by atoms with Crippen molar-refractivity contribution in [3.63, 3.8) is 0 Å². The number of nitrogens with zero attached hydrogens (tertiary/aromatic N) is 1. The number of carboxylic acid groups (broad SMARTS) is 1.